The minimum Gasteiger partial charge on any atom is -0.370 e. The molecule has 0 aliphatic carbocycles. The van der Waals surface area contributed by atoms with Gasteiger partial charge in [0.25, 0.3) is 0 Å². The van der Waals surface area contributed by atoms with Crippen molar-refractivity contribution in [3.63, 3.8) is 0 Å². The van der Waals surface area contributed by atoms with Crippen molar-refractivity contribution < 1.29 is 0 Å². The highest BCUT2D eigenvalue weighted by atomic mass is 35.5. The molecule has 4 rings (SSSR count). The lowest BCUT2D eigenvalue weighted by Gasteiger charge is -2.21. The van der Waals surface area contributed by atoms with Crippen LogP contribution in [0.2, 0.25) is 5.02 Å². The summed E-state index contributed by atoms with van der Waals surface area (Å²) in [6.45, 7) is 4.18. The SMILES string of the molecule is Cc1cc(N2CCC(c3ccccc3)C2)c2cc(Cl)ccc2n1. The Hall–Kier alpha value is -2.06. The van der Waals surface area contributed by atoms with E-state index < -0.39 is 0 Å². The van der Waals surface area contributed by atoms with Crippen molar-refractivity contribution in [2.45, 2.75) is 19.3 Å². The summed E-state index contributed by atoms with van der Waals surface area (Å²) >= 11 is 6.22. The lowest BCUT2D eigenvalue weighted by Crippen LogP contribution is -2.19. The minimum absolute atomic E-state index is 0.596. The Morgan fingerprint density at radius 1 is 1.09 bits per heavy atom. The highest BCUT2D eigenvalue weighted by Gasteiger charge is 2.25. The first-order chi connectivity index (χ1) is 11.2. The van der Waals surface area contributed by atoms with E-state index in [1.165, 1.54) is 17.7 Å². The molecule has 1 aromatic heterocycles. The Bertz CT molecular complexity index is 845. The van der Waals surface area contributed by atoms with Crippen LogP contribution in [-0.2, 0) is 0 Å². The maximum atomic E-state index is 6.22. The molecule has 1 fully saturated rings. The van der Waals surface area contributed by atoms with Crippen LogP contribution in [0.25, 0.3) is 10.9 Å². The number of hydrogen-bond donors (Lipinski definition) is 0. The maximum absolute atomic E-state index is 6.22. The van der Waals surface area contributed by atoms with Gasteiger partial charge in [-0.05, 0) is 43.2 Å². The van der Waals surface area contributed by atoms with Crippen LogP contribution in [0.15, 0.2) is 54.6 Å². The van der Waals surface area contributed by atoms with Crippen LogP contribution in [0, 0.1) is 6.92 Å². The minimum atomic E-state index is 0.596. The number of hydrogen-bond acceptors (Lipinski definition) is 2. The van der Waals surface area contributed by atoms with Crippen LogP contribution in [0.4, 0.5) is 5.69 Å². The largest absolute Gasteiger partial charge is 0.370 e. The Morgan fingerprint density at radius 2 is 1.91 bits per heavy atom. The molecule has 0 spiro atoms. The Kier molecular flexibility index (Phi) is 3.70. The van der Waals surface area contributed by atoms with Crippen molar-refractivity contribution in [3.05, 3.63) is 70.9 Å². The summed E-state index contributed by atoms with van der Waals surface area (Å²) in [4.78, 5) is 7.12. The molecule has 116 valence electrons. The van der Waals surface area contributed by atoms with Gasteiger partial charge in [0.05, 0.1) is 5.52 Å². The molecule has 0 saturated carbocycles. The van der Waals surface area contributed by atoms with Crippen molar-refractivity contribution in [1.29, 1.82) is 0 Å². The summed E-state index contributed by atoms with van der Waals surface area (Å²) in [5.41, 5.74) is 4.77. The van der Waals surface area contributed by atoms with Crippen molar-refractivity contribution in [2.75, 3.05) is 18.0 Å². The van der Waals surface area contributed by atoms with E-state index in [0.29, 0.717) is 5.92 Å². The molecule has 2 aromatic carbocycles. The molecule has 3 aromatic rings. The number of benzene rings is 2. The van der Waals surface area contributed by atoms with Gasteiger partial charge < -0.3 is 4.90 Å². The van der Waals surface area contributed by atoms with Gasteiger partial charge in [0.15, 0.2) is 0 Å². The van der Waals surface area contributed by atoms with E-state index in [1.807, 2.05) is 18.2 Å². The van der Waals surface area contributed by atoms with E-state index in [0.717, 1.165) is 34.7 Å². The molecule has 1 saturated heterocycles. The van der Waals surface area contributed by atoms with Gasteiger partial charge >= 0.3 is 0 Å². The highest BCUT2D eigenvalue weighted by molar-refractivity contribution is 6.31. The standard InChI is InChI=1S/C20H19ClN2/c1-14-11-20(18-12-17(21)7-8-19(18)22-14)23-10-9-16(13-23)15-5-3-2-4-6-15/h2-8,11-12,16H,9-10,13H2,1H3. The van der Waals surface area contributed by atoms with E-state index in [9.17, 15) is 0 Å². The summed E-state index contributed by atoms with van der Waals surface area (Å²) < 4.78 is 0. The molecule has 23 heavy (non-hydrogen) atoms. The molecule has 1 aliphatic rings. The molecular weight excluding hydrogens is 304 g/mol. The number of fused-ring (bicyclic) bond motifs is 1. The molecule has 0 amide bonds. The van der Waals surface area contributed by atoms with E-state index in [4.69, 9.17) is 11.6 Å². The van der Waals surface area contributed by atoms with Crippen molar-refractivity contribution >= 4 is 28.2 Å². The molecule has 3 heteroatoms. The summed E-state index contributed by atoms with van der Waals surface area (Å²) in [6, 6.07) is 19.0. The second-order valence-electron chi connectivity index (χ2n) is 6.29. The second kappa shape index (κ2) is 5.86. The molecule has 0 radical (unpaired) electrons. The van der Waals surface area contributed by atoms with E-state index >= 15 is 0 Å². The highest BCUT2D eigenvalue weighted by Crippen LogP contribution is 2.35. The average molecular weight is 323 g/mol. The first kappa shape index (κ1) is 14.5. The third-order valence-corrected chi connectivity index (χ3v) is 4.91. The summed E-state index contributed by atoms with van der Waals surface area (Å²) in [6.07, 6.45) is 1.19. The topological polar surface area (TPSA) is 16.1 Å². The summed E-state index contributed by atoms with van der Waals surface area (Å²) in [5, 5.41) is 1.92. The van der Waals surface area contributed by atoms with Crippen molar-refractivity contribution in [1.82, 2.24) is 4.98 Å². The first-order valence-corrected chi connectivity index (χ1v) is 8.45. The average Bonchev–Trinajstić information content (AvgIpc) is 3.05. The molecule has 2 nitrogen and oxygen atoms in total. The molecule has 0 N–H and O–H groups in total. The predicted molar refractivity (Wildman–Crippen MR) is 97.5 cm³/mol. The van der Waals surface area contributed by atoms with Crippen LogP contribution in [-0.4, -0.2) is 18.1 Å². The molecule has 1 atom stereocenters. The van der Waals surface area contributed by atoms with Gasteiger partial charge in [-0.15, -0.1) is 0 Å². The number of pyridine rings is 1. The van der Waals surface area contributed by atoms with Crippen LogP contribution in [0.5, 0.6) is 0 Å². The lowest BCUT2D eigenvalue weighted by molar-refractivity contribution is 0.775. The molecule has 2 heterocycles. The number of anilines is 1. The van der Waals surface area contributed by atoms with Crippen molar-refractivity contribution in [3.8, 4) is 0 Å². The normalized spacial score (nSPS) is 17.8. The monoisotopic (exact) mass is 322 g/mol. The van der Waals surface area contributed by atoms with E-state index in [-0.39, 0.29) is 0 Å². The predicted octanol–water partition coefficient (Wildman–Crippen LogP) is 5.19. The molecule has 1 unspecified atom stereocenters. The number of halogens is 1. The number of aromatic nitrogens is 1. The third kappa shape index (κ3) is 2.79. The van der Waals surface area contributed by atoms with Gasteiger partial charge in [-0.2, -0.15) is 0 Å². The summed E-state index contributed by atoms with van der Waals surface area (Å²) in [7, 11) is 0. The number of nitrogens with zero attached hydrogens (tertiary/aromatic N) is 2. The zero-order chi connectivity index (χ0) is 15.8. The number of rotatable bonds is 2. The third-order valence-electron chi connectivity index (χ3n) is 4.68. The summed E-state index contributed by atoms with van der Waals surface area (Å²) in [5.74, 6) is 0.596. The van der Waals surface area contributed by atoms with Gasteiger partial charge in [-0.1, -0.05) is 41.9 Å². The first-order valence-electron chi connectivity index (χ1n) is 8.07. The second-order valence-corrected chi connectivity index (χ2v) is 6.72. The van der Waals surface area contributed by atoms with E-state index in [2.05, 4.69) is 53.2 Å². The van der Waals surface area contributed by atoms with Gasteiger partial charge in [0, 0.05) is 40.8 Å². The quantitative estimate of drug-likeness (QED) is 0.645. The van der Waals surface area contributed by atoms with Crippen LogP contribution >= 0.6 is 11.6 Å². The molecule has 1 aliphatic heterocycles. The fourth-order valence-corrected chi connectivity index (χ4v) is 3.72. The zero-order valence-corrected chi connectivity index (χ0v) is 13.9. The fraction of sp³-hybridized carbons (Fsp3) is 0.250. The van der Waals surface area contributed by atoms with Gasteiger partial charge in [-0.3, -0.25) is 4.98 Å². The van der Waals surface area contributed by atoms with E-state index in [1.54, 1.807) is 0 Å². The molecular formula is C20H19ClN2. The van der Waals surface area contributed by atoms with Gasteiger partial charge in [0.1, 0.15) is 0 Å². The Labute approximate surface area is 141 Å². The van der Waals surface area contributed by atoms with Crippen molar-refractivity contribution in [2.24, 2.45) is 0 Å². The lowest BCUT2D eigenvalue weighted by atomic mass is 9.99. The number of aryl methyl sites for hydroxylation is 1. The van der Waals surface area contributed by atoms with Crippen LogP contribution in [0.1, 0.15) is 23.6 Å². The zero-order valence-electron chi connectivity index (χ0n) is 13.2. The maximum Gasteiger partial charge on any atom is 0.0727 e. The fourth-order valence-electron chi connectivity index (χ4n) is 3.55. The Morgan fingerprint density at radius 3 is 2.74 bits per heavy atom. The smallest absolute Gasteiger partial charge is 0.0727 e. The Balaban J connectivity index is 1.71. The van der Waals surface area contributed by atoms with Crippen LogP contribution < -0.4 is 4.90 Å². The van der Waals surface area contributed by atoms with Gasteiger partial charge in [-0.25, -0.2) is 0 Å². The van der Waals surface area contributed by atoms with Crippen LogP contribution in [0.3, 0.4) is 0 Å². The molecule has 0 bridgehead atoms. The van der Waals surface area contributed by atoms with Gasteiger partial charge in [0.2, 0.25) is 0 Å².